The number of hydrogen-bond donors (Lipinski definition) is 1. The molecule has 0 saturated heterocycles. The number of amides is 1. The summed E-state index contributed by atoms with van der Waals surface area (Å²) in [5.41, 5.74) is 4.71. The van der Waals surface area contributed by atoms with Gasteiger partial charge in [-0.1, -0.05) is 30.3 Å². The van der Waals surface area contributed by atoms with Gasteiger partial charge in [0.15, 0.2) is 0 Å². The molecular formula is C25H24BrN5O4. The van der Waals surface area contributed by atoms with E-state index < -0.39 is 4.92 Å². The summed E-state index contributed by atoms with van der Waals surface area (Å²) in [6, 6.07) is 15.6. The predicted octanol–water partition coefficient (Wildman–Crippen LogP) is 4.92. The zero-order valence-corrected chi connectivity index (χ0v) is 20.9. The van der Waals surface area contributed by atoms with Gasteiger partial charge in [0.25, 0.3) is 0 Å². The summed E-state index contributed by atoms with van der Waals surface area (Å²) in [6.07, 6.45) is 0.709. The first-order valence-corrected chi connectivity index (χ1v) is 12.2. The molecule has 1 unspecified atom stereocenters. The van der Waals surface area contributed by atoms with Gasteiger partial charge in [0.1, 0.15) is 16.8 Å². The van der Waals surface area contributed by atoms with Crippen LogP contribution in [0.2, 0.25) is 0 Å². The number of nitrogens with one attached hydrogen (secondary N) is 1. The van der Waals surface area contributed by atoms with Crippen molar-refractivity contribution in [3.05, 3.63) is 85.6 Å². The summed E-state index contributed by atoms with van der Waals surface area (Å²) in [7, 11) is 0. The van der Waals surface area contributed by atoms with Gasteiger partial charge >= 0.3 is 5.82 Å². The van der Waals surface area contributed by atoms with Gasteiger partial charge in [0.2, 0.25) is 5.91 Å². The lowest BCUT2D eigenvalue weighted by Gasteiger charge is -2.36. The van der Waals surface area contributed by atoms with Crippen LogP contribution >= 0.6 is 15.9 Å². The second-order valence-electron chi connectivity index (χ2n) is 8.44. The van der Waals surface area contributed by atoms with Gasteiger partial charge in [-0.05, 0) is 70.4 Å². The van der Waals surface area contributed by atoms with E-state index in [1.165, 1.54) is 10.2 Å². The van der Waals surface area contributed by atoms with Crippen molar-refractivity contribution in [1.82, 2.24) is 19.7 Å². The maximum Gasteiger partial charge on any atom is 0.404 e. The van der Waals surface area contributed by atoms with Crippen molar-refractivity contribution in [2.75, 3.05) is 13.2 Å². The molecule has 1 aliphatic heterocycles. The Morgan fingerprint density at radius 2 is 2.00 bits per heavy atom. The van der Waals surface area contributed by atoms with Crippen molar-refractivity contribution < 1.29 is 14.5 Å². The van der Waals surface area contributed by atoms with E-state index >= 15 is 0 Å². The Morgan fingerprint density at radius 1 is 1.26 bits per heavy atom. The van der Waals surface area contributed by atoms with Crippen LogP contribution in [0.25, 0.3) is 10.9 Å². The Hall–Kier alpha value is -3.66. The highest BCUT2D eigenvalue weighted by atomic mass is 79.9. The smallest absolute Gasteiger partial charge is 0.404 e. The topological polar surface area (TPSA) is 106 Å². The van der Waals surface area contributed by atoms with Crippen molar-refractivity contribution in [1.29, 1.82) is 0 Å². The molecule has 5 rings (SSSR count). The molecule has 1 amide bonds. The molecule has 0 fully saturated rings. The van der Waals surface area contributed by atoms with E-state index in [1.807, 2.05) is 54.3 Å². The number of nitro groups is 1. The number of benzene rings is 2. The molecule has 2 aromatic carbocycles. The molecule has 0 saturated carbocycles. The lowest BCUT2D eigenvalue weighted by Crippen LogP contribution is -2.42. The zero-order valence-electron chi connectivity index (χ0n) is 19.3. The minimum absolute atomic E-state index is 0.0959. The maximum atomic E-state index is 13.6. The number of ether oxygens (including phenoxy) is 1. The Balaban J connectivity index is 1.55. The van der Waals surface area contributed by atoms with Gasteiger partial charge in [-0.15, -0.1) is 0 Å². The summed E-state index contributed by atoms with van der Waals surface area (Å²) in [6.45, 7) is 4.64. The normalized spacial score (nSPS) is 15.3. The molecule has 180 valence electrons. The van der Waals surface area contributed by atoms with E-state index in [0.717, 1.165) is 27.9 Å². The Morgan fingerprint density at radius 3 is 2.69 bits per heavy atom. The minimum atomic E-state index is -0.557. The number of carbonyl (C=O) groups excluding carboxylic acids is 1. The third kappa shape index (κ3) is 4.07. The van der Waals surface area contributed by atoms with E-state index in [2.05, 4.69) is 32.1 Å². The molecule has 2 aromatic heterocycles. The average molecular weight is 538 g/mol. The largest absolute Gasteiger partial charge is 0.494 e. The van der Waals surface area contributed by atoms with E-state index in [0.29, 0.717) is 25.3 Å². The van der Waals surface area contributed by atoms with E-state index in [-0.39, 0.29) is 28.8 Å². The van der Waals surface area contributed by atoms with Crippen LogP contribution in [0, 0.1) is 17.0 Å². The molecule has 0 spiro atoms. The number of hydrogen-bond acceptors (Lipinski definition) is 5. The van der Waals surface area contributed by atoms with Gasteiger partial charge in [-0.25, -0.2) is 0 Å². The predicted molar refractivity (Wildman–Crippen MR) is 134 cm³/mol. The van der Waals surface area contributed by atoms with E-state index in [1.54, 1.807) is 6.92 Å². The van der Waals surface area contributed by atoms with Crippen LogP contribution in [0.1, 0.15) is 35.5 Å². The lowest BCUT2D eigenvalue weighted by molar-refractivity contribution is -0.390. The van der Waals surface area contributed by atoms with Gasteiger partial charge < -0.3 is 24.7 Å². The van der Waals surface area contributed by atoms with Crippen molar-refractivity contribution in [2.45, 2.75) is 32.9 Å². The second kappa shape index (κ2) is 9.18. The number of rotatable bonds is 6. The van der Waals surface area contributed by atoms with Crippen LogP contribution in [-0.2, 0) is 17.8 Å². The zero-order chi connectivity index (χ0) is 24.7. The summed E-state index contributed by atoms with van der Waals surface area (Å²) in [5.74, 6) is 0.308. The quantitative estimate of drug-likeness (QED) is 0.277. The van der Waals surface area contributed by atoms with Crippen molar-refractivity contribution in [3.8, 4) is 5.75 Å². The monoisotopic (exact) mass is 537 g/mol. The van der Waals surface area contributed by atoms with Crippen molar-refractivity contribution >= 4 is 38.6 Å². The first-order chi connectivity index (χ1) is 16.9. The van der Waals surface area contributed by atoms with Crippen molar-refractivity contribution in [2.24, 2.45) is 0 Å². The fourth-order valence-corrected chi connectivity index (χ4v) is 5.20. The first kappa shape index (κ1) is 23.1. The molecule has 1 atom stereocenters. The van der Waals surface area contributed by atoms with Crippen LogP contribution in [0.15, 0.2) is 53.0 Å². The molecule has 35 heavy (non-hydrogen) atoms. The third-order valence-electron chi connectivity index (χ3n) is 6.44. The summed E-state index contributed by atoms with van der Waals surface area (Å²) in [4.78, 5) is 29.7. The van der Waals surface area contributed by atoms with Crippen LogP contribution in [0.3, 0.4) is 0 Å². The molecule has 4 aromatic rings. The number of halogens is 1. The molecule has 10 heteroatoms. The SMILES string of the molecule is CCOc1ccc(C2c3[nH]c4ccccc4c3CCN2C(=O)Cn2nc([N+](=O)[O-])c(Br)c2C)cc1. The summed E-state index contributed by atoms with van der Waals surface area (Å²) < 4.78 is 7.28. The summed E-state index contributed by atoms with van der Waals surface area (Å²) >= 11 is 3.23. The lowest BCUT2D eigenvalue weighted by atomic mass is 9.92. The Labute approximate surface area is 210 Å². The maximum absolute atomic E-state index is 13.6. The average Bonchev–Trinajstić information content (AvgIpc) is 3.37. The van der Waals surface area contributed by atoms with Crippen molar-refractivity contribution in [3.63, 3.8) is 0 Å². The molecule has 1 aliphatic rings. The van der Waals surface area contributed by atoms with Crippen LogP contribution in [0.4, 0.5) is 5.82 Å². The third-order valence-corrected chi connectivity index (χ3v) is 7.36. The fraction of sp³-hybridized carbons (Fsp3) is 0.280. The fourth-order valence-electron chi connectivity index (χ4n) is 4.77. The second-order valence-corrected chi connectivity index (χ2v) is 9.24. The van der Waals surface area contributed by atoms with Gasteiger partial charge in [0.05, 0.1) is 23.4 Å². The number of H-pyrrole nitrogens is 1. The molecule has 9 nitrogen and oxygen atoms in total. The number of aromatic nitrogens is 3. The molecule has 1 N–H and O–H groups in total. The molecule has 3 heterocycles. The van der Waals surface area contributed by atoms with Gasteiger partial charge in [0, 0.05) is 23.1 Å². The summed E-state index contributed by atoms with van der Waals surface area (Å²) in [5, 5.41) is 16.5. The molecule has 0 aliphatic carbocycles. The highest BCUT2D eigenvalue weighted by Crippen LogP contribution is 2.39. The van der Waals surface area contributed by atoms with Crippen LogP contribution < -0.4 is 4.74 Å². The highest BCUT2D eigenvalue weighted by molar-refractivity contribution is 9.10. The number of nitrogens with zero attached hydrogens (tertiary/aromatic N) is 4. The van der Waals surface area contributed by atoms with Gasteiger partial charge in [-0.3, -0.25) is 4.79 Å². The van der Waals surface area contributed by atoms with E-state index in [9.17, 15) is 14.9 Å². The van der Waals surface area contributed by atoms with Crippen LogP contribution in [-0.4, -0.2) is 43.6 Å². The Kier molecular flexibility index (Phi) is 6.06. The number of fused-ring (bicyclic) bond motifs is 3. The molecular weight excluding hydrogens is 514 g/mol. The standard InChI is InChI=1S/C25H24BrN5O4/c1-3-35-17-10-8-16(9-11-17)24-23-19(18-6-4-5-7-20(18)27-23)12-13-29(24)21(32)14-30-15(2)22(26)25(28-30)31(33)34/h4-11,24,27H,3,12-14H2,1-2H3. The number of carbonyl (C=O) groups is 1. The van der Waals surface area contributed by atoms with E-state index in [4.69, 9.17) is 4.74 Å². The Bertz CT molecular complexity index is 1430. The van der Waals surface area contributed by atoms with Gasteiger partial charge in [-0.2, -0.15) is 4.68 Å². The van der Waals surface area contributed by atoms with Crippen LogP contribution in [0.5, 0.6) is 5.75 Å². The number of para-hydroxylation sites is 1. The first-order valence-electron chi connectivity index (χ1n) is 11.4. The molecule has 0 radical (unpaired) electrons. The number of aromatic amines is 1. The highest BCUT2D eigenvalue weighted by Gasteiger charge is 2.35. The minimum Gasteiger partial charge on any atom is -0.494 e. The molecule has 0 bridgehead atoms.